The second kappa shape index (κ2) is 5.08. The Morgan fingerprint density at radius 2 is 1.89 bits per heavy atom. The number of hydrogen-bond acceptors (Lipinski definition) is 2. The van der Waals surface area contributed by atoms with Gasteiger partial charge in [-0.15, -0.1) is 0 Å². The van der Waals surface area contributed by atoms with Crippen molar-refractivity contribution in [3.63, 3.8) is 0 Å². The van der Waals surface area contributed by atoms with Crippen LogP contribution in [0.1, 0.15) is 23.2 Å². The Balaban J connectivity index is 1.74. The van der Waals surface area contributed by atoms with Crippen molar-refractivity contribution in [3.8, 4) is 5.75 Å². The highest BCUT2D eigenvalue weighted by Crippen LogP contribution is 2.33. The number of ether oxygens (including phenoxy) is 1. The van der Waals surface area contributed by atoms with Crippen molar-refractivity contribution in [2.75, 3.05) is 20.2 Å². The molecule has 1 amide bonds. The topological polar surface area (TPSA) is 29.5 Å². The normalized spacial score (nSPS) is 25.2. The van der Waals surface area contributed by atoms with Gasteiger partial charge in [-0.1, -0.05) is 18.2 Å². The van der Waals surface area contributed by atoms with Crippen LogP contribution in [0.25, 0.3) is 0 Å². The van der Waals surface area contributed by atoms with Crippen LogP contribution in [0.5, 0.6) is 5.75 Å². The highest BCUT2D eigenvalue weighted by Gasteiger charge is 2.35. The van der Waals surface area contributed by atoms with E-state index < -0.39 is 0 Å². The molecule has 1 aromatic carbocycles. The van der Waals surface area contributed by atoms with E-state index in [1.165, 1.54) is 0 Å². The molecule has 19 heavy (non-hydrogen) atoms. The van der Waals surface area contributed by atoms with E-state index in [2.05, 4.69) is 12.2 Å². The van der Waals surface area contributed by atoms with Gasteiger partial charge in [-0.3, -0.25) is 4.79 Å². The maximum atomic E-state index is 12.5. The van der Waals surface area contributed by atoms with Crippen molar-refractivity contribution in [1.82, 2.24) is 4.90 Å². The summed E-state index contributed by atoms with van der Waals surface area (Å²) in [4.78, 5) is 14.5. The van der Waals surface area contributed by atoms with Gasteiger partial charge in [0.05, 0.1) is 7.11 Å². The fourth-order valence-corrected chi connectivity index (χ4v) is 3.12. The lowest BCUT2D eigenvalue weighted by molar-refractivity contribution is 0.0784. The molecule has 0 saturated carbocycles. The van der Waals surface area contributed by atoms with Crippen LogP contribution in [0, 0.1) is 11.8 Å². The summed E-state index contributed by atoms with van der Waals surface area (Å²) in [6.45, 7) is 1.79. The molecule has 2 unspecified atom stereocenters. The van der Waals surface area contributed by atoms with Crippen LogP contribution in [0.4, 0.5) is 0 Å². The fraction of sp³-hybridized carbons (Fsp3) is 0.438. The van der Waals surface area contributed by atoms with Crippen molar-refractivity contribution in [2.45, 2.75) is 12.8 Å². The van der Waals surface area contributed by atoms with E-state index in [-0.39, 0.29) is 5.91 Å². The summed E-state index contributed by atoms with van der Waals surface area (Å²) >= 11 is 0. The summed E-state index contributed by atoms with van der Waals surface area (Å²) in [7, 11) is 1.62. The summed E-state index contributed by atoms with van der Waals surface area (Å²) in [6, 6.07) is 7.43. The Kier molecular flexibility index (Phi) is 3.28. The third kappa shape index (κ3) is 2.37. The molecule has 0 aromatic heterocycles. The molecule has 0 spiro atoms. The lowest BCUT2D eigenvalue weighted by atomic mass is 9.86. The van der Waals surface area contributed by atoms with Crippen LogP contribution < -0.4 is 4.74 Å². The highest BCUT2D eigenvalue weighted by atomic mass is 16.5. The molecule has 2 aliphatic rings. The molecule has 0 N–H and O–H groups in total. The molecule has 2 atom stereocenters. The maximum absolute atomic E-state index is 12.5. The quantitative estimate of drug-likeness (QED) is 0.762. The summed E-state index contributed by atoms with van der Waals surface area (Å²) in [5.41, 5.74) is 0.728. The van der Waals surface area contributed by atoms with Gasteiger partial charge in [-0.05, 0) is 42.9 Å². The van der Waals surface area contributed by atoms with E-state index >= 15 is 0 Å². The lowest BCUT2D eigenvalue weighted by Crippen LogP contribution is -2.28. The number of carbonyl (C=O) groups excluding carboxylic acids is 1. The molecule has 0 bridgehead atoms. The number of amides is 1. The second-order valence-corrected chi connectivity index (χ2v) is 5.41. The summed E-state index contributed by atoms with van der Waals surface area (Å²) in [5, 5.41) is 0. The number of fused-ring (bicyclic) bond motifs is 1. The molecule has 3 heteroatoms. The molecule has 1 aliphatic carbocycles. The molecule has 100 valence electrons. The third-order valence-corrected chi connectivity index (χ3v) is 4.22. The standard InChI is InChI=1S/C16H19NO2/c1-19-15-8-4-7-12(9-15)16(18)17-10-13-5-2-3-6-14(13)11-17/h2-4,7-9,13-14H,5-6,10-11H2,1H3. The van der Waals surface area contributed by atoms with Crippen LogP contribution in [-0.2, 0) is 0 Å². The number of nitrogens with zero attached hydrogens (tertiary/aromatic N) is 1. The number of allylic oxidation sites excluding steroid dienone is 2. The number of carbonyl (C=O) groups is 1. The summed E-state index contributed by atoms with van der Waals surface area (Å²) in [5.74, 6) is 2.18. The van der Waals surface area contributed by atoms with Crippen LogP contribution in [0.2, 0.25) is 0 Å². The van der Waals surface area contributed by atoms with Gasteiger partial charge in [0, 0.05) is 18.7 Å². The zero-order valence-electron chi connectivity index (χ0n) is 11.2. The first kappa shape index (κ1) is 12.3. The predicted octanol–water partition coefficient (Wildman–Crippen LogP) is 2.73. The van der Waals surface area contributed by atoms with Gasteiger partial charge in [0.2, 0.25) is 0 Å². The van der Waals surface area contributed by atoms with Crippen molar-refractivity contribution < 1.29 is 9.53 Å². The summed E-state index contributed by atoms with van der Waals surface area (Å²) < 4.78 is 5.18. The van der Waals surface area contributed by atoms with Gasteiger partial charge in [0.25, 0.3) is 5.91 Å². The molecular formula is C16H19NO2. The van der Waals surface area contributed by atoms with Gasteiger partial charge < -0.3 is 9.64 Å². The Hall–Kier alpha value is -1.77. The molecular weight excluding hydrogens is 238 g/mol. The number of rotatable bonds is 2. The molecule has 1 saturated heterocycles. The first-order chi connectivity index (χ1) is 9.28. The first-order valence-electron chi connectivity index (χ1n) is 6.86. The molecule has 1 fully saturated rings. The Morgan fingerprint density at radius 1 is 1.21 bits per heavy atom. The summed E-state index contributed by atoms with van der Waals surface area (Å²) in [6.07, 6.45) is 6.74. The van der Waals surface area contributed by atoms with E-state index in [9.17, 15) is 4.79 Å². The molecule has 1 aromatic rings. The highest BCUT2D eigenvalue weighted by molar-refractivity contribution is 5.94. The minimum Gasteiger partial charge on any atom is -0.497 e. The van der Waals surface area contributed by atoms with Gasteiger partial charge in [-0.25, -0.2) is 0 Å². The van der Waals surface area contributed by atoms with Crippen molar-refractivity contribution in [2.24, 2.45) is 11.8 Å². The van der Waals surface area contributed by atoms with Crippen molar-refractivity contribution in [1.29, 1.82) is 0 Å². The lowest BCUT2D eigenvalue weighted by Gasteiger charge is -2.17. The monoisotopic (exact) mass is 257 g/mol. The molecule has 3 nitrogen and oxygen atoms in total. The van der Waals surface area contributed by atoms with Crippen LogP contribution in [0.15, 0.2) is 36.4 Å². The number of likely N-dealkylation sites (tertiary alicyclic amines) is 1. The fourth-order valence-electron chi connectivity index (χ4n) is 3.12. The van der Waals surface area contributed by atoms with Gasteiger partial charge in [0.1, 0.15) is 5.75 Å². The first-order valence-corrected chi connectivity index (χ1v) is 6.86. The van der Waals surface area contributed by atoms with Crippen molar-refractivity contribution in [3.05, 3.63) is 42.0 Å². The zero-order chi connectivity index (χ0) is 13.2. The third-order valence-electron chi connectivity index (χ3n) is 4.22. The minimum absolute atomic E-state index is 0.133. The van der Waals surface area contributed by atoms with E-state index in [1.54, 1.807) is 7.11 Å². The molecule has 1 aliphatic heterocycles. The average Bonchev–Trinajstić information content (AvgIpc) is 2.90. The zero-order valence-corrected chi connectivity index (χ0v) is 11.2. The average molecular weight is 257 g/mol. The minimum atomic E-state index is 0.133. The Bertz CT molecular complexity index is 493. The molecule has 0 radical (unpaired) electrons. The predicted molar refractivity (Wildman–Crippen MR) is 74.3 cm³/mol. The maximum Gasteiger partial charge on any atom is 0.254 e. The van der Waals surface area contributed by atoms with Crippen molar-refractivity contribution >= 4 is 5.91 Å². The van der Waals surface area contributed by atoms with Crippen LogP contribution in [-0.4, -0.2) is 31.0 Å². The van der Waals surface area contributed by atoms with Crippen LogP contribution in [0.3, 0.4) is 0 Å². The molecule has 1 heterocycles. The SMILES string of the molecule is COc1cccc(C(=O)N2CC3CC=CCC3C2)c1. The second-order valence-electron chi connectivity index (χ2n) is 5.41. The Labute approximate surface area is 113 Å². The Morgan fingerprint density at radius 3 is 2.53 bits per heavy atom. The van der Waals surface area contributed by atoms with Crippen LogP contribution >= 0.6 is 0 Å². The van der Waals surface area contributed by atoms with E-state index in [4.69, 9.17) is 4.74 Å². The van der Waals surface area contributed by atoms with Gasteiger partial charge in [0.15, 0.2) is 0 Å². The van der Waals surface area contributed by atoms with Gasteiger partial charge in [-0.2, -0.15) is 0 Å². The van der Waals surface area contributed by atoms with E-state index in [0.29, 0.717) is 11.8 Å². The largest absolute Gasteiger partial charge is 0.497 e. The molecule has 3 rings (SSSR count). The van der Waals surface area contributed by atoms with E-state index in [1.807, 2.05) is 29.2 Å². The van der Waals surface area contributed by atoms with Gasteiger partial charge >= 0.3 is 0 Å². The number of benzene rings is 1. The van der Waals surface area contributed by atoms with E-state index in [0.717, 1.165) is 37.2 Å². The smallest absolute Gasteiger partial charge is 0.254 e. The number of hydrogen-bond donors (Lipinski definition) is 0. The number of methoxy groups -OCH3 is 1.